The van der Waals surface area contributed by atoms with Crippen LogP contribution in [0, 0.1) is 13.8 Å². The summed E-state index contributed by atoms with van der Waals surface area (Å²) in [7, 11) is -1.86. The zero-order valence-corrected chi connectivity index (χ0v) is 13.9. The van der Waals surface area contributed by atoms with Crippen LogP contribution in [0.4, 0.5) is 0 Å². The fraction of sp³-hybridized carbons (Fsp3) is 0.538. The lowest BCUT2D eigenvalue weighted by molar-refractivity contribution is 0.141. The van der Waals surface area contributed by atoms with E-state index in [1.807, 2.05) is 26.0 Å². The molecule has 0 aromatic heterocycles. The van der Waals surface area contributed by atoms with Gasteiger partial charge in [-0.15, -0.1) is 0 Å². The van der Waals surface area contributed by atoms with Gasteiger partial charge in [-0.2, -0.15) is 4.31 Å². The van der Waals surface area contributed by atoms with E-state index in [-0.39, 0.29) is 0 Å². The fourth-order valence-corrected chi connectivity index (χ4v) is 3.31. The molecule has 0 fully saturated rings. The highest BCUT2D eigenvalue weighted by atomic mass is 79.9. The average Bonchev–Trinajstić information content (AvgIpc) is 2.33. The molecule has 1 aromatic rings. The number of hydrogen-bond donors (Lipinski definition) is 0. The Labute approximate surface area is 123 Å². The number of halogens is 1. The molecule has 0 unspecified atom stereocenters. The van der Waals surface area contributed by atoms with Crippen molar-refractivity contribution in [3.05, 3.63) is 29.3 Å². The Hall–Kier alpha value is -0.430. The maximum Gasteiger partial charge on any atom is 0.243 e. The smallest absolute Gasteiger partial charge is 0.243 e. The molecule has 1 rings (SSSR count). The van der Waals surface area contributed by atoms with Crippen molar-refractivity contribution in [2.75, 3.05) is 32.1 Å². The summed E-state index contributed by atoms with van der Waals surface area (Å²) >= 11 is 3.25. The van der Waals surface area contributed by atoms with Gasteiger partial charge in [-0.1, -0.05) is 33.6 Å². The average molecular weight is 350 g/mol. The van der Waals surface area contributed by atoms with Crippen molar-refractivity contribution in [3.63, 3.8) is 0 Å². The maximum absolute atomic E-state index is 12.4. The van der Waals surface area contributed by atoms with Crippen LogP contribution in [-0.4, -0.2) is 44.9 Å². The Morgan fingerprint density at radius 2 is 1.95 bits per heavy atom. The molecular weight excluding hydrogens is 330 g/mol. The van der Waals surface area contributed by atoms with E-state index in [0.29, 0.717) is 24.7 Å². The number of aryl methyl sites for hydroxylation is 2. The SMILES string of the molecule is Cc1ccc(S(=O)(=O)N(C)CCOCCBr)c(C)c1. The van der Waals surface area contributed by atoms with Crippen LogP contribution in [0.15, 0.2) is 23.1 Å². The molecule has 0 amide bonds. The Bertz CT molecular complexity index is 517. The van der Waals surface area contributed by atoms with Gasteiger partial charge >= 0.3 is 0 Å². The molecule has 1 aromatic carbocycles. The molecule has 0 atom stereocenters. The Balaban J connectivity index is 2.79. The van der Waals surface area contributed by atoms with Gasteiger partial charge in [0, 0.05) is 18.9 Å². The summed E-state index contributed by atoms with van der Waals surface area (Å²) in [5, 5.41) is 0.751. The van der Waals surface area contributed by atoms with Crippen molar-refractivity contribution in [1.29, 1.82) is 0 Å². The summed E-state index contributed by atoms with van der Waals surface area (Å²) in [6.45, 7) is 5.09. The minimum absolute atomic E-state index is 0.350. The van der Waals surface area contributed by atoms with Crippen LogP contribution in [0.1, 0.15) is 11.1 Å². The van der Waals surface area contributed by atoms with Gasteiger partial charge in [0.05, 0.1) is 18.1 Å². The van der Waals surface area contributed by atoms with E-state index in [9.17, 15) is 8.42 Å². The molecule has 0 aliphatic rings. The van der Waals surface area contributed by atoms with E-state index < -0.39 is 10.0 Å². The van der Waals surface area contributed by atoms with Crippen LogP contribution >= 0.6 is 15.9 Å². The first-order valence-electron chi connectivity index (χ1n) is 6.07. The second-order valence-corrected chi connectivity index (χ2v) is 7.20. The van der Waals surface area contributed by atoms with E-state index in [2.05, 4.69) is 15.9 Å². The number of alkyl halides is 1. The zero-order valence-electron chi connectivity index (χ0n) is 11.5. The maximum atomic E-state index is 12.4. The van der Waals surface area contributed by atoms with Crippen molar-refractivity contribution in [2.24, 2.45) is 0 Å². The number of ether oxygens (including phenoxy) is 1. The summed E-state index contributed by atoms with van der Waals surface area (Å²) in [5.74, 6) is 0. The van der Waals surface area contributed by atoms with Gasteiger partial charge in [-0.25, -0.2) is 8.42 Å². The third kappa shape index (κ3) is 4.56. The molecule has 0 radical (unpaired) electrons. The zero-order chi connectivity index (χ0) is 14.5. The first kappa shape index (κ1) is 16.6. The minimum Gasteiger partial charge on any atom is -0.379 e. The van der Waals surface area contributed by atoms with Crippen LogP contribution in [0.5, 0.6) is 0 Å². The summed E-state index contributed by atoms with van der Waals surface area (Å²) in [6.07, 6.45) is 0. The van der Waals surface area contributed by atoms with Gasteiger partial charge < -0.3 is 4.74 Å². The summed E-state index contributed by atoms with van der Waals surface area (Å²) in [4.78, 5) is 0.362. The highest BCUT2D eigenvalue weighted by Crippen LogP contribution is 2.19. The summed E-state index contributed by atoms with van der Waals surface area (Å²) < 4.78 is 31.4. The number of rotatable bonds is 7. The first-order valence-corrected chi connectivity index (χ1v) is 8.63. The lowest BCUT2D eigenvalue weighted by atomic mass is 10.2. The molecule has 0 spiro atoms. The molecule has 0 N–H and O–H groups in total. The van der Waals surface area contributed by atoms with Crippen LogP contribution in [-0.2, 0) is 14.8 Å². The molecule has 0 heterocycles. The monoisotopic (exact) mass is 349 g/mol. The van der Waals surface area contributed by atoms with Crippen molar-refractivity contribution in [2.45, 2.75) is 18.7 Å². The van der Waals surface area contributed by atoms with Crippen molar-refractivity contribution in [1.82, 2.24) is 4.31 Å². The summed E-state index contributed by atoms with van der Waals surface area (Å²) in [6, 6.07) is 5.35. The Kier molecular flexibility index (Phi) is 6.46. The van der Waals surface area contributed by atoms with Gasteiger partial charge in [0.1, 0.15) is 0 Å². The molecule has 0 saturated carbocycles. The van der Waals surface area contributed by atoms with Crippen LogP contribution in [0.25, 0.3) is 0 Å². The van der Waals surface area contributed by atoms with Gasteiger partial charge in [-0.05, 0) is 25.5 Å². The largest absolute Gasteiger partial charge is 0.379 e. The number of likely N-dealkylation sites (N-methyl/N-ethyl adjacent to an activating group) is 1. The second-order valence-electron chi connectivity index (χ2n) is 4.40. The minimum atomic E-state index is -3.43. The molecule has 0 aliphatic carbocycles. The third-order valence-corrected chi connectivity index (χ3v) is 5.13. The van der Waals surface area contributed by atoms with Gasteiger partial charge in [-0.3, -0.25) is 0 Å². The Morgan fingerprint density at radius 3 is 2.53 bits per heavy atom. The lowest BCUT2D eigenvalue weighted by Gasteiger charge is -2.18. The first-order chi connectivity index (χ1) is 8.89. The predicted molar refractivity (Wildman–Crippen MR) is 80.3 cm³/mol. The topological polar surface area (TPSA) is 46.6 Å². The van der Waals surface area contributed by atoms with E-state index >= 15 is 0 Å². The highest BCUT2D eigenvalue weighted by Gasteiger charge is 2.22. The molecule has 6 heteroatoms. The third-order valence-electron chi connectivity index (χ3n) is 2.79. The lowest BCUT2D eigenvalue weighted by Crippen LogP contribution is -2.31. The van der Waals surface area contributed by atoms with Gasteiger partial charge in [0.25, 0.3) is 0 Å². The normalized spacial score (nSPS) is 12.1. The molecular formula is C13H20BrNO3S. The van der Waals surface area contributed by atoms with Crippen molar-refractivity contribution < 1.29 is 13.2 Å². The molecule has 19 heavy (non-hydrogen) atoms. The highest BCUT2D eigenvalue weighted by molar-refractivity contribution is 9.09. The molecule has 0 bridgehead atoms. The molecule has 0 saturated heterocycles. The van der Waals surface area contributed by atoms with Gasteiger partial charge in [0.2, 0.25) is 10.0 Å². The van der Waals surface area contributed by atoms with Crippen molar-refractivity contribution >= 4 is 26.0 Å². The predicted octanol–water partition coefficient (Wildman–Crippen LogP) is 2.34. The van der Waals surface area contributed by atoms with Crippen LogP contribution < -0.4 is 0 Å². The van der Waals surface area contributed by atoms with Gasteiger partial charge in [0.15, 0.2) is 0 Å². The molecule has 108 valence electrons. The van der Waals surface area contributed by atoms with E-state index in [1.165, 1.54) is 4.31 Å². The fourth-order valence-electron chi connectivity index (χ4n) is 1.73. The quantitative estimate of drug-likeness (QED) is 0.560. The molecule has 4 nitrogen and oxygen atoms in total. The second kappa shape index (κ2) is 7.38. The van der Waals surface area contributed by atoms with E-state index in [1.54, 1.807) is 13.1 Å². The number of nitrogens with zero attached hydrogens (tertiary/aromatic N) is 1. The van der Waals surface area contributed by atoms with Crippen LogP contribution in [0.3, 0.4) is 0 Å². The standard InChI is InChI=1S/C13H20BrNO3S/c1-11-4-5-13(12(2)10-11)19(16,17)15(3)7-9-18-8-6-14/h4-5,10H,6-9H2,1-3H3. The van der Waals surface area contributed by atoms with Crippen molar-refractivity contribution in [3.8, 4) is 0 Å². The molecule has 0 aliphatic heterocycles. The van der Waals surface area contributed by atoms with E-state index in [4.69, 9.17) is 4.74 Å². The Morgan fingerprint density at radius 1 is 1.26 bits per heavy atom. The number of hydrogen-bond acceptors (Lipinski definition) is 3. The number of sulfonamides is 1. The summed E-state index contributed by atoms with van der Waals surface area (Å²) in [5.41, 5.74) is 1.83. The number of benzene rings is 1. The van der Waals surface area contributed by atoms with E-state index in [0.717, 1.165) is 16.5 Å². The van der Waals surface area contributed by atoms with Crippen LogP contribution in [0.2, 0.25) is 0 Å².